The van der Waals surface area contributed by atoms with Crippen LogP contribution < -0.4 is 15.8 Å². The van der Waals surface area contributed by atoms with Crippen LogP contribution >= 0.6 is 0 Å². The molecular formula is C25H26FN3O4. The van der Waals surface area contributed by atoms with Gasteiger partial charge in [-0.3, -0.25) is 9.79 Å². The highest BCUT2D eigenvalue weighted by Gasteiger charge is 2.53. The molecule has 0 heterocycles. The molecule has 7 nitrogen and oxygen atoms in total. The minimum absolute atomic E-state index is 0.0121. The summed E-state index contributed by atoms with van der Waals surface area (Å²) in [4.78, 5) is 29.5. The summed E-state index contributed by atoms with van der Waals surface area (Å²) in [7, 11) is 1.48. The fraction of sp³-hybridized carbons (Fsp3) is 0.320. The minimum atomic E-state index is -1.16. The van der Waals surface area contributed by atoms with E-state index in [4.69, 9.17) is 10.5 Å². The molecule has 2 fully saturated rings. The number of benzene rings is 2. The highest BCUT2D eigenvalue weighted by molar-refractivity contribution is 6.13. The van der Waals surface area contributed by atoms with E-state index < -0.39 is 17.2 Å². The summed E-state index contributed by atoms with van der Waals surface area (Å²) < 4.78 is 19.7. The predicted octanol–water partition coefficient (Wildman–Crippen LogP) is 4.13. The number of nitrogens with zero attached hydrogens (tertiary/aromatic N) is 1. The average Bonchev–Trinajstić information content (AvgIpc) is 3.58. The molecular weight excluding hydrogens is 425 g/mol. The lowest BCUT2D eigenvalue weighted by Gasteiger charge is -2.21. The van der Waals surface area contributed by atoms with Crippen molar-refractivity contribution < 1.29 is 23.8 Å². The van der Waals surface area contributed by atoms with Crippen LogP contribution in [-0.4, -0.2) is 36.3 Å². The number of aromatic carboxylic acids is 1. The second-order valence-electron chi connectivity index (χ2n) is 8.43. The van der Waals surface area contributed by atoms with Crippen molar-refractivity contribution in [2.45, 2.75) is 43.6 Å². The monoisotopic (exact) mass is 451 g/mol. The Morgan fingerprint density at radius 3 is 2.55 bits per heavy atom. The predicted molar refractivity (Wildman–Crippen MR) is 124 cm³/mol. The van der Waals surface area contributed by atoms with Crippen LogP contribution in [-0.2, 0) is 10.2 Å². The van der Waals surface area contributed by atoms with Gasteiger partial charge in [-0.05, 0) is 68.0 Å². The Bertz CT molecular complexity index is 1150. The number of halogens is 1. The molecule has 0 bridgehead atoms. The van der Waals surface area contributed by atoms with Gasteiger partial charge in [-0.15, -0.1) is 0 Å². The molecule has 0 aromatic heterocycles. The number of allylic oxidation sites excluding steroid dienone is 1. The van der Waals surface area contributed by atoms with Gasteiger partial charge in [0.1, 0.15) is 11.6 Å². The van der Waals surface area contributed by atoms with E-state index in [1.807, 2.05) is 0 Å². The number of amides is 1. The van der Waals surface area contributed by atoms with Crippen molar-refractivity contribution in [3.8, 4) is 5.75 Å². The van der Waals surface area contributed by atoms with Gasteiger partial charge in [0, 0.05) is 35.3 Å². The number of hydrogen-bond donors (Lipinski definition) is 3. The lowest BCUT2D eigenvalue weighted by atomic mass is 9.93. The first-order valence-corrected chi connectivity index (χ1v) is 10.9. The Labute approximate surface area is 191 Å². The Morgan fingerprint density at radius 2 is 1.97 bits per heavy atom. The number of carbonyl (C=O) groups is 2. The smallest absolute Gasteiger partial charge is 0.336 e. The van der Waals surface area contributed by atoms with Crippen LogP contribution in [0, 0.1) is 5.82 Å². The van der Waals surface area contributed by atoms with E-state index in [0.717, 1.165) is 19.3 Å². The fourth-order valence-electron chi connectivity index (χ4n) is 3.97. The van der Waals surface area contributed by atoms with E-state index in [0.29, 0.717) is 35.4 Å². The molecule has 2 aromatic rings. The van der Waals surface area contributed by atoms with E-state index >= 15 is 0 Å². The lowest BCUT2D eigenvalue weighted by molar-refractivity contribution is -0.118. The SMILES string of the molecule is COc1ccc(F)c(C2(C(=O)Nc3ccc(C(C=NC4CCC4)=CN)c(C(=O)O)c3)CC2)c1. The van der Waals surface area contributed by atoms with E-state index in [2.05, 4.69) is 10.3 Å². The Balaban J connectivity index is 1.59. The average molecular weight is 451 g/mol. The fourth-order valence-corrected chi connectivity index (χ4v) is 3.97. The molecule has 2 aromatic carbocycles. The van der Waals surface area contributed by atoms with Crippen LogP contribution in [0.1, 0.15) is 53.6 Å². The summed E-state index contributed by atoms with van der Waals surface area (Å²) in [5.41, 5.74) is 6.22. The first-order chi connectivity index (χ1) is 15.9. The quantitative estimate of drug-likeness (QED) is 0.522. The number of rotatable bonds is 8. The largest absolute Gasteiger partial charge is 0.497 e. The molecule has 0 spiro atoms. The summed E-state index contributed by atoms with van der Waals surface area (Å²) in [6, 6.07) is 9.15. The molecule has 4 rings (SSSR count). The second-order valence-corrected chi connectivity index (χ2v) is 8.43. The molecule has 2 aliphatic carbocycles. The highest BCUT2D eigenvalue weighted by Crippen LogP contribution is 2.50. The number of carboxylic acid groups (broad SMARTS) is 1. The molecule has 0 aliphatic heterocycles. The molecule has 172 valence electrons. The van der Waals surface area contributed by atoms with E-state index in [1.165, 1.54) is 37.6 Å². The zero-order valence-corrected chi connectivity index (χ0v) is 18.3. The maximum absolute atomic E-state index is 14.5. The van der Waals surface area contributed by atoms with Gasteiger partial charge in [0.05, 0.1) is 18.1 Å². The van der Waals surface area contributed by atoms with E-state index in [-0.39, 0.29) is 23.1 Å². The molecule has 0 saturated heterocycles. The molecule has 4 N–H and O–H groups in total. The number of aliphatic imine (C=N–C) groups is 1. The van der Waals surface area contributed by atoms with Crippen molar-refractivity contribution in [2.24, 2.45) is 10.7 Å². The molecule has 8 heteroatoms. The molecule has 1 amide bonds. The van der Waals surface area contributed by atoms with Gasteiger partial charge >= 0.3 is 5.97 Å². The number of nitrogens with two attached hydrogens (primary N) is 1. The van der Waals surface area contributed by atoms with Gasteiger partial charge in [-0.25, -0.2) is 9.18 Å². The van der Waals surface area contributed by atoms with E-state index in [9.17, 15) is 19.1 Å². The standard InChI is InChI=1S/C25H26FN3O4/c1-33-18-6-8-22(26)21(12-18)25(9-10-25)24(32)29-17-5-7-19(20(11-17)23(30)31)15(13-27)14-28-16-3-2-4-16/h5-8,11-14,16H,2-4,9-10,27H2,1H3,(H,29,32)(H,30,31). The number of methoxy groups -OCH3 is 1. The van der Waals surface area contributed by atoms with Crippen LogP contribution in [0.3, 0.4) is 0 Å². The molecule has 33 heavy (non-hydrogen) atoms. The van der Waals surface area contributed by atoms with Gasteiger partial charge in [-0.2, -0.15) is 0 Å². The first-order valence-electron chi connectivity index (χ1n) is 10.9. The lowest BCUT2D eigenvalue weighted by Crippen LogP contribution is -2.29. The zero-order chi connectivity index (χ0) is 23.6. The third-order valence-corrected chi connectivity index (χ3v) is 6.37. The number of carboxylic acids is 1. The molecule has 2 aliphatic rings. The maximum atomic E-state index is 14.5. The molecule has 0 atom stereocenters. The van der Waals surface area contributed by atoms with Gasteiger partial charge in [0.15, 0.2) is 0 Å². The Kier molecular flexibility index (Phi) is 6.18. The molecule has 0 unspecified atom stereocenters. The Morgan fingerprint density at radius 1 is 1.21 bits per heavy atom. The van der Waals surface area contributed by atoms with Crippen molar-refractivity contribution in [1.29, 1.82) is 0 Å². The van der Waals surface area contributed by atoms with Crippen molar-refractivity contribution >= 4 is 29.4 Å². The highest BCUT2D eigenvalue weighted by atomic mass is 19.1. The van der Waals surface area contributed by atoms with Crippen molar-refractivity contribution in [3.63, 3.8) is 0 Å². The van der Waals surface area contributed by atoms with Crippen molar-refractivity contribution in [3.05, 3.63) is 65.1 Å². The number of ether oxygens (including phenoxy) is 1. The van der Waals surface area contributed by atoms with Crippen LogP contribution in [0.2, 0.25) is 0 Å². The number of nitrogens with one attached hydrogen (secondary N) is 1. The topological polar surface area (TPSA) is 114 Å². The van der Waals surface area contributed by atoms with Crippen molar-refractivity contribution in [1.82, 2.24) is 0 Å². The van der Waals surface area contributed by atoms with E-state index in [1.54, 1.807) is 18.3 Å². The minimum Gasteiger partial charge on any atom is -0.497 e. The third kappa shape index (κ3) is 4.46. The number of carbonyl (C=O) groups excluding carboxylic acids is 1. The van der Waals surface area contributed by atoms with Gasteiger partial charge in [0.25, 0.3) is 0 Å². The van der Waals surface area contributed by atoms with Gasteiger partial charge in [0.2, 0.25) is 5.91 Å². The first kappa shape index (κ1) is 22.5. The maximum Gasteiger partial charge on any atom is 0.336 e. The Hall–Kier alpha value is -3.68. The molecule has 2 saturated carbocycles. The second kappa shape index (κ2) is 9.05. The van der Waals surface area contributed by atoms with Gasteiger partial charge < -0.3 is 20.9 Å². The summed E-state index contributed by atoms with van der Waals surface area (Å²) >= 11 is 0. The van der Waals surface area contributed by atoms with Crippen LogP contribution in [0.25, 0.3) is 5.57 Å². The number of anilines is 1. The third-order valence-electron chi connectivity index (χ3n) is 6.37. The van der Waals surface area contributed by atoms with Crippen LogP contribution in [0.5, 0.6) is 5.75 Å². The van der Waals surface area contributed by atoms with Gasteiger partial charge in [-0.1, -0.05) is 6.07 Å². The van der Waals surface area contributed by atoms with Crippen LogP contribution in [0.15, 0.2) is 47.6 Å². The summed E-state index contributed by atoms with van der Waals surface area (Å²) in [6.45, 7) is 0. The summed E-state index contributed by atoms with van der Waals surface area (Å²) in [6.07, 6.45) is 7.08. The molecule has 0 radical (unpaired) electrons. The normalized spacial score (nSPS) is 17.5. The summed E-state index contributed by atoms with van der Waals surface area (Å²) in [5, 5.41) is 12.5. The number of hydrogen-bond acceptors (Lipinski definition) is 5. The zero-order valence-electron chi connectivity index (χ0n) is 18.3. The summed E-state index contributed by atoms with van der Waals surface area (Å²) in [5.74, 6) is -1.56. The van der Waals surface area contributed by atoms with Crippen molar-refractivity contribution in [2.75, 3.05) is 12.4 Å². The van der Waals surface area contributed by atoms with Crippen LogP contribution in [0.4, 0.5) is 10.1 Å².